The summed E-state index contributed by atoms with van der Waals surface area (Å²) in [6, 6.07) is 10.5. The van der Waals surface area contributed by atoms with Crippen molar-refractivity contribution < 1.29 is 4.74 Å². The topological polar surface area (TPSA) is 21.3 Å². The summed E-state index contributed by atoms with van der Waals surface area (Å²) in [5, 5.41) is 3.32. The van der Waals surface area contributed by atoms with E-state index in [2.05, 4.69) is 35.6 Å². The van der Waals surface area contributed by atoms with Crippen molar-refractivity contribution in [3.8, 4) is 0 Å². The summed E-state index contributed by atoms with van der Waals surface area (Å²) in [5.41, 5.74) is 1.33. The molecule has 2 rings (SSSR count). The maximum absolute atomic E-state index is 6.31. The predicted molar refractivity (Wildman–Crippen MR) is 75.6 cm³/mol. The Hall–Kier alpha value is -0.860. The van der Waals surface area contributed by atoms with E-state index in [1.54, 1.807) is 0 Å². The Morgan fingerprint density at radius 1 is 1.06 bits per heavy atom. The van der Waals surface area contributed by atoms with Crippen LogP contribution in [-0.2, 0) is 11.3 Å². The fourth-order valence-corrected chi connectivity index (χ4v) is 2.88. The van der Waals surface area contributed by atoms with Gasteiger partial charge in [0, 0.05) is 6.54 Å². The summed E-state index contributed by atoms with van der Waals surface area (Å²) in [6.45, 7) is 1.71. The number of rotatable bonds is 5. The van der Waals surface area contributed by atoms with Gasteiger partial charge in [0.15, 0.2) is 0 Å². The molecular formula is C16H25NO. The van der Waals surface area contributed by atoms with Gasteiger partial charge in [-0.05, 0) is 25.5 Å². The van der Waals surface area contributed by atoms with E-state index in [-0.39, 0.29) is 5.60 Å². The van der Waals surface area contributed by atoms with Gasteiger partial charge in [-0.1, -0.05) is 56.0 Å². The first-order valence-electron chi connectivity index (χ1n) is 7.17. The second kappa shape index (κ2) is 6.91. The van der Waals surface area contributed by atoms with Gasteiger partial charge in [-0.25, -0.2) is 0 Å². The van der Waals surface area contributed by atoms with Crippen LogP contribution in [0.5, 0.6) is 0 Å². The van der Waals surface area contributed by atoms with Gasteiger partial charge >= 0.3 is 0 Å². The summed E-state index contributed by atoms with van der Waals surface area (Å²) in [5.74, 6) is 0. The van der Waals surface area contributed by atoms with Gasteiger partial charge in [-0.15, -0.1) is 0 Å². The van der Waals surface area contributed by atoms with Crippen LogP contribution in [0.15, 0.2) is 30.3 Å². The minimum Gasteiger partial charge on any atom is -0.369 e. The molecule has 0 aliphatic heterocycles. The Labute approximate surface area is 111 Å². The van der Waals surface area contributed by atoms with E-state index in [4.69, 9.17) is 4.74 Å². The summed E-state index contributed by atoms with van der Waals surface area (Å²) in [7, 11) is 2.03. The minimum atomic E-state index is 0.0566. The van der Waals surface area contributed by atoms with Crippen molar-refractivity contribution in [2.45, 2.75) is 50.7 Å². The lowest BCUT2D eigenvalue weighted by atomic mass is 9.94. The van der Waals surface area contributed by atoms with Crippen molar-refractivity contribution >= 4 is 0 Å². The van der Waals surface area contributed by atoms with Gasteiger partial charge < -0.3 is 10.1 Å². The maximum atomic E-state index is 6.31. The molecule has 2 heteroatoms. The van der Waals surface area contributed by atoms with Gasteiger partial charge in [0.05, 0.1) is 12.2 Å². The van der Waals surface area contributed by atoms with Crippen molar-refractivity contribution in [3.63, 3.8) is 0 Å². The largest absolute Gasteiger partial charge is 0.369 e. The normalized spacial score (nSPS) is 19.4. The van der Waals surface area contributed by atoms with Crippen LogP contribution in [0.25, 0.3) is 0 Å². The van der Waals surface area contributed by atoms with Crippen LogP contribution in [0.3, 0.4) is 0 Å². The summed E-state index contributed by atoms with van der Waals surface area (Å²) < 4.78 is 6.31. The second-order valence-corrected chi connectivity index (χ2v) is 5.40. The third-order valence-corrected chi connectivity index (χ3v) is 3.90. The molecule has 0 aromatic heterocycles. The molecule has 100 valence electrons. The summed E-state index contributed by atoms with van der Waals surface area (Å²) in [4.78, 5) is 0. The second-order valence-electron chi connectivity index (χ2n) is 5.40. The zero-order valence-electron chi connectivity index (χ0n) is 11.5. The Balaban J connectivity index is 1.96. The van der Waals surface area contributed by atoms with E-state index in [1.165, 1.54) is 44.1 Å². The predicted octanol–water partition coefficient (Wildman–Crippen LogP) is 3.52. The zero-order chi connectivity index (χ0) is 12.7. The van der Waals surface area contributed by atoms with Gasteiger partial charge in [-0.3, -0.25) is 0 Å². The lowest BCUT2D eigenvalue weighted by molar-refractivity contribution is -0.0645. The smallest absolute Gasteiger partial charge is 0.0810 e. The Bertz CT molecular complexity index is 328. The molecule has 1 N–H and O–H groups in total. The van der Waals surface area contributed by atoms with Gasteiger partial charge in [0.2, 0.25) is 0 Å². The third kappa shape index (κ3) is 3.82. The van der Waals surface area contributed by atoms with E-state index in [9.17, 15) is 0 Å². The molecule has 0 unspecified atom stereocenters. The fraction of sp³-hybridized carbons (Fsp3) is 0.625. The molecule has 0 amide bonds. The molecule has 1 saturated carbocycles. The monoisotopic (exact) mass is 247 g/mol. The highest BCUT2D eigenvalue weighted by atomic mass is 16.5. The SMILES string of the molecule is CNCC1(OCc2ccccc2)CCCCCC1. The standard InChI is InChI=1S/C16H25NO/c1-17-14-16(11-7-2-3-8-12-16)18-13-15-9-5-4-6-10-15/h4-6,9-10,17H,2-3,7-8,11-14H2,1H3. The molecule has 0 spiro atoms. The number of benzene rings is 1. The van der Waals surface area contributed by atoms with Crippen LogP contribution in [0.4, 0.5) is 0 Å². The molecule has 1 fully saturated rings. The average molecular weight is 247 g/mol. The highest BCUT2D eigenvalue weighted by molar-refractivity contribution is 5.13. The van der Waals surface area contributed by atoms with E-state index < -0.39 is 0 Å². The Kier molecular flexibility index (Phi) is 5.21. The van der Waals surface area contributed by atoms with E-state index in [1.807, 2.05) is 7.05 Å². The first kappa shape index (κ1) is 13.6. The molecule has 2 nitrogen and oxygen atoms in total. The number of hydrogen-bond acceptors (Lipinski definition) is 2. The molecule has 0 atom stereocenters. The van der Waals surface area contributed by atoms with Crippen molar-refractivity contribution in [2.75, 3.05) is 13.6 Å². The molecule has 0 bridgehead atoms. The molecule has 18 heavy (non-hydrogen) atoms. The fourth-order valence-electron chi connectivity index (χ4n) is 2.88. The molecule has 0 heterocycles. The number of hydrogen-bond donors (Lipinski definition) is 1. The minimum absolute atomic E-state index is 0.0566. The van der Waals surface area contributed by atoms with Crippen LogP contribution >= 0.6 is 0 Å². The van der Waals surface area contributed by atoms with Crippen molar-refractivity contribution in [2.24, 2.45) is 0 Å². The van der Waals surface area contributed by atoms with Gasteiger partial charge in [-0.2, -0.15) is 0 Å². The summed E-state index contributed by atoms with van der Waals surface area (Å²) >= 11 is 0. The van der Waals surface area contributed by atoms with Crippen LogP contribution in [-0.4, -0.2) is 19.2 Å². The molecule has 1 aliphatic carbocycles. The van der Waals surface area contributed by atoms with Crippen molar-refractivity contribution in [1.82, 2.24) is 5.32 Å². The molecule has 1 aromatic rings. The Morgan fingerprint density at radius 3 is 2.33 bits per heavy atom. The quantitative estimate of drug-likeness (QED) is 0.804. The number of ether oxygens (including phenoxy) is 1. The lowest BCUT2D eigenvalue weighted by Gasteiger charge is -2.33. The first-order valence-corrected chi connectivity index (χ1v) is 7.17. The Morgan fingerprint density at radius 2 is 1.72 bits per heavy atom. The molecule has 0 saturated heterocycles. The van der Waals surface area contributed by atoms with Gasteiger partial charge in [0.25, 0.3) is 0 Å². The van der Waals surface area contributed by atoms with Crippen LogP contribution in [0.2, 0.25) is 0 Å². The van der Waals surface area contributed by atoms with Crippen LogP contribution in [0, 0.1) is 0 Å². The van der Waals surface area contributed by atoms with E-state index in [0.717, 1.165) is 13.2 Å². The summed E-state index contributed by atoms with van der Waals surface area (Å²) in [6.07, 6.45) is 7.72. The van der Waals surface area contributed by atoms with Gasteiger partial charge in [0.1, 0.15) is 0 Å². The average Bonchev–Trinajstić information content (AvgIpc) is 2.64. The lowest BCUT2D eigenvalue weighted by Crippen LogP contribution is -2.41. The van der Waals surface area contributed by atoms with Crippen molar-refractivity contribution in [3.05, 3.63) is 35.9 Å². The first-order chi connectivity index (χ1) is 8.85. The highest BCUT2D eigenvalue weighted by Gasteiger charge is 2.31. The van der Waals surface area contributed by atoms with E-state index in [0.29, 0.717) is 0 Å². The molecular weight excluding hydrogens is 222 g/mol. The number of nitrogens with one attached hydrogen (secondary N) is 1. The number of likely N-dealkylation sites (N-methyl/N-ethyl adjacent to an activating group) is 1. The van der Waals surface area contributed by atoms with E-state index >= 15 is 0 Å². The maximum Gasteiger partial charge on any atom is 0.0810 e. The highest BCUT2D eigenvalue weighted by Crippen LogP contribution is 2.30. The molecule has 1 aromatic carbocycles. The molecule has 1 aliphatic rings. The van der Waals surface area contributed by atoms with Crippen molar-refractivity contribution in [1.29, 1.82) is 0 Å². The van der Waals surface area contributed by atoms with Crippen LogP contribution < -0.4 is 5.32 Å². The molecule has 0 radical (unpaired) electrons. The van der Waals surface area contributed by atoms with Crippen LogP contribution in [0.1, 0.15) is 44.1 Å². The third-order valence-electron chi connectivity index (χ3n) is 3.90. The zero-order valence-corrected chi connectivity index (χ0v) is 11.5.